The van der Waals surface area contributed by atoms with Crippen LogP contribution in [0, 0.1) is 6.92 Å². The van der Waals surface area contributed by atoms with Crippen LogP contribution >= 0.6 is 15.9 Å². The van der Waals surface area contributed by atoms with Gasteiger partial charge in [0.25, 0.3) is 5.91 Å². The van der Waals surface area contributed by atoms with Crippen molar-refractivity contribution in [2.75, 3.05) is 0 Å². The number of fused-ring (bicyclic) bond motifs is 2. The van der Waals surface area contributed by atoms with Gasteiger partial charge in [0.15, 0.2) is 5.65 Å². The monoisotopic (exact) mass is 613 g/mol. The number of benzene rings is 4. The van der Waals surface area contributed by atoms with Crippen molar-refractivity contribution in [2.45, 2.75) is 13.5 Å². The Kier molecular flexibility index (Phi) is 6.56. The molecule has 0 aliphatic rings. The summed E-state index contributed by atoms with van der Waals surface area (Å²) in [5.74, 6) is -0.245. The van der Waals surface area contributed by atoms with Crippen molar-refractivity contribution >= 4 is 43.6 Å². The zero-order chi connectivity index (χ0) is 28.6. The number of carbonyl (C=O) groups is 1. The van der Waals surface area contributed by atoms with Crippen LogP contribution < -0.4 is 5.32 Å². The number of rotatable bonds is 6. The van der Waals surface area contributed by atoms with E-state index in [0.29, 0.717) is 28.0 Å². The summed E-state index contributed by atoms with van der Waals surface area (Å²) in [6.07, 6.45) is 3.50. The van der Waals surface area contributed by atoms with Crippen molar-refractivity contribution in [3.05, 3.63) is 131 Å². The first-order valence-electron chi connectivity index (χ1n) is 13.4. The van der Waals surface area contributed by atoms with Gasteiger partial charge < -0.3 is 5.32 Å². The van der Waals surface area contributed by atoms with E-state index in [1.165, 1.54) is 0 Å². The number of aromatic nitrogens is 6. The Morgan fingerprint density at radius 2 is 1.71 bits per heavy atom. The highest BCUT2D eigenvalue weighted by Crippen LogP contribution is 2.29. The van der Waals surface area contributed by atoms with E-state index in [9.17, 15) is 4.79 Å². The maximum atomic E-state index is 13.7. The van der Waals surface area contributed by atoms with Crippen LogP contribution in [0.3, 0.4) is 0 Å². The van der Waals surface area contributed by atoms with E-state index in [-0.39, 0.29) is 12.5 Å². The fourth-order valence-electron chi connectivity index (χ4n) is 4.95. The largest absolute Gasteiger partial charge is 0.346 e. The number of hydrogen-bond donors (Lipinski definition) is 1. The van der Waals surface area contributed by atoms with Gasteiger partial charge in [0.05, 0.1) is 47.0 Å². The van der Waals surface area contributed by atoms with Crippen molar-refractivity contribution in [2.24, 2.45) is 0 Å². The summed E-state index contributed by atoms with van der Waals surface area (Å²) in [5, 5.41) is 19.0. The van der Waals surface area contributed by atoms with E-state index in [1.54, 1.807) is 21.8 Å². The molecule has 0 unspecified atom stereocenters. The molecule has 0 atom stereocenters. The zero-order valence-electron chi connectivity index (χ0n) is 22.6. The molecule has 4 aromatic carbocycles. The molecule has 3 heterocycles. The Morgan fingerprint density at radius 3 is 2.55 bits per heavy atom. The molecule has 1 N–H and O–H groups in total. The van der Waals surface area contributed by atoms with E-state index in [0.717, 1.165) is 37.7 Å². The number of nitrogens with zero attached hydrogens (tertiary/aromatic N) is 6. The topological polar surface area (TPSA) is 90.5 Å². The van der Waals surface area contributed by atoms with E-state index in [1.807, 2.05) is 79.7 Å². The Balaban J connectivity index is 1.26. The third kappa shape index (κ3) is 4.95. The normalized spacial score (nSPS) is 11.3. The molecular formula is C33H24BrN7O. The summed E-state index contributed by atoms with van der Waals surface area (Å²) in [4.78, 5) is 18.7. The Bertz CT molecular complexity index is 2100. The molecule has 0 aliphatic heterocycles. The fraction of sp³-hybridized carbons (Fsp3) is 0.0606. The summed E-state index contributed by atoms with van der Waals surface area (Å²) in [5.41, 5.74) is 6.22. The lowest BCUT2D eigenvalue weighted by molar-refractivity contribution is 0.0952. The standard InChI is InChI=1S/C33H24BrN7O/c1-21-9-13-27(14-10-21)41-32-30(19-36-41)29(17-31(37-32)24-12-11-22-5-2-3-6-23(22)15-24)33(42)35-18-26-20-40(39-38-26)28-8-4-7-25(34)16-28/h2-17,19-20H,18H2,1H3,(H,35,42). The second-order valence-corrected chi connectivity index (χ2v) is 11.0. The summed E-state index contributed by atoms with van der Waals surface area (Å²) >= 11 is 3.49. The molecule has 8 nitrogen and oxygen atoms in total. The third-order valence-corrected chi connectivity index (χ3v) is 7.65. The summed E-state index contributed by atoms with van der Waals surface area (Å²) in [6, 6.07) is 32.1. The number of carbonyl (C=O) groups excluding carboxylic acids is 1. The maximum absolute atomic E-state index is 13.7. The van der Waals surface area contributed by atoms with Crippen molar-refractivity contribution in [1.29, 1.82) is 0 Å². The van der Waals surface area contributed by atoms with E-state index in [4.69, 9.17) is 4.98 Å². The number of hydrogen-bond acceptors (Lipinski definition) is 5. The molecule has 0 bridgehead atoms. The van der Waals surface area contributed by atoms with Crippen LogP contribution in [-0.4, -0.2) is 35.7 Å². The Morgan fingerprint density at radius 1 is 0.881 bits per heavy atom. The van der Waals surface area contributed by atoms with Crippen molar-refractivity contribution < 1.29 is 4.79 Å². The maximum Gasteiger partial charge on any atom is 0.252 e. The fourth-order valence-corrected chi connectivity index (χ4v) is 5.34. The smallest absolute Gasteiger partial charge is 0.252 e. The quantitative estimate of drug-likeness (QED) is 0.222. The summed E-state index contributed by atoms with van der Waals surface area (Å²) in [7, 11) is 0. The van der Waals surface area contributed by atoms with Gasteiger partial charge in [-0.25, -0.2) is 14.3 Å². The van der Waals surface area contributed by atoms with Gasteiger partial charge >= 0.3 is 0 Å². The Labute approximate surface area is 249 Å². The van der Waals surface area contributed by atoms with Gasteiger partial charge in [-0.05, 0) is 60.2 Å². The molecule has 0 saturated carbocycles. The lowest BCUT2D eigenvalue weighted by Gasteiger charge is -2.10. The molecule has 0 spiro atoms. The minimum absolute atomic E-state index is 0.216. The molecule has 3 aromatic heterocycles. The average molecular weight is 615 g/mol. The highest BCUT2D eigenvalue weighted by Gasteiger charge is 2.19. The van der Waals surface area contributed by atoms with Gasteiger partial charge in [-0.3, -0.25) is 4.79 Å². The molecule has 0 saturated heterocycles. The molecule has 0 fully saturated rings. The number of nitrogens with one attached hydrogen (secondary N) is 1. The average Bonchev–Trinajstić information content (AvgIpc) is 3.67. The highest BCUT2D eigenvalue weighted by atomic mass is 79.9. The zero-order valence-corrected chi connectivity index (χ0v) is 24.2. The predicted molar refractivity (Wildman–Crippen MR) is 167 cm³/mol. The molecule has 7 rings (SSSR count). The first kappa shape index (κ1) is 25.8. The van der Waals surface area contributed by atoms with Crippen LogP contribution in [0.2, 0.25) is 0 Å². The summed E-state index contributed by atoms with van der Waals surface area (Å²) < 4.78 is 4.40. The van der Waals surface area contributed by atoms with Crippen LogP contribution in [0.4, 0.5) is 0 Å². The van der Waals surface area contributed by atoms with Crippen LogP contribution in [0.15, 0.2) is 114 Å². The van der Waals surface area contributed by atoms with Gasteiger partial charge in [0.1, 0.15) is 5.69 Å². The minimum atomic E-state index is -0.245. The molecule has 7 aromatic rings. The SMILES string of the molecule is Cc1ccc(-n2ncc3c(C(=O)NCc4cn(-c5cccc(Br)c5)nn4)cc(-c4ccc5ccccc5c4)nc32)cc1. The first-order chi connectivity index (χ1) is 20.5. The third-order valence-electron chi connectivity index (χ3n) is 7.15. The first-order valence-corrected chi connectivity index (χ1v) is 14.2. The lowest BCUT2D eigenvalue weighted by Crippen LogP contribution is -2.23. The summed E-state index contributed by atoms with van der Waals surface area (Å²) in [6.45, 7) is 2.26. The van der Waals surface area contributed by atoms with Crippen LogP contribution in [0.5, 0.6) is 0 Å². The van der Waals surface area contributed by atoms with Crippen molar-refractivity contribution in [1.82, 2.24) is 35.1 Å². The highest BCUT2D eigenvalue weighted by molar-refractivity contribution is 9.10. The van der Waals surface area contributed by atoms with Gasteiger partial charge in [0, 0.05) is 10.0 Å². The van der Waals surface area contributed by atoms with Gasteiger partial charge in [-0.2, -0.15) is 5.10 Å². The van der Waals surface area contributed by atoms with Crippen molar-refractivity contribution in [3.8, 4) is 22.6 Å². The van der Waals surface area contributed by atoms with Gasteiger partial charge in [-0.15, -0.1) is 5.10 Å². The molecule has 0 aliphatic carbocycles. The van der Waals surface area contributed by atoms with Crippen LogP contribution in [0.25, 0.3) is 44.4 Å². The van der Waals surface area contributed by atoms with E-state index < -0.39 is 0 Å². The second-order valence-electron chi connectivity index (χ2n) is 10.1. The lowest BCUT2D eigenvalue weighted by atomic mass is 10.0. The van der Waals surface area contributed by atoms with Gasteiger partial charge in [0.2, 0.25) is 0 Å². The molecule has 1 amide bonds. The molecule has 42 heavy (non-hydrogen) atoms. The van der Waals surface area contributed by atoms with Crippen molar-refractivity contribution in [3.63, 3.8) is 0 Å². The molecule has 204 valence electrons. The van der Waals surface area contributed by atoms with Crippen LogP contribution in [0.1, 0.15) is 21.6 Å². The molecule has 0 radical (unpaired) electrons. The van der Waals surface area contributed by atoms with Crippen LogP contribution in [-0.2, 0) is 6.54 Å². The van der Waals surface area contributed by atoms with E-state index in [2.05, 4.69) is 60.9 Å². The van der Waals surface area contributed by atoms with E-state index >= 15 is 0 Å². The Hall–Kier alpha value is -5.15. The number of amides is 1. The number of halogens is 1. The van der Waals surface area contributed by atoms with Gasteiger partial charge in [-0.1, -0.05) is 81.3 Å². The molecular weight excluding hydrogens is 590 g/mol. The number of pyridine rings is 1. The predicted octanol–water partition coefficient (Wildman–Crippen LogP) is 6.82. The molecule has 9 heteroatoms. The number of aryl methyl sites for hydroxylation is 1. The minimum Gasteiger partial charge on any atom is -0.346 e. The second kappa shape index (κ2) is 10.7.